The van der Waals surface area contributed by atoms with Gasteiger partial charge in [0, 0.05) is 17.8 Å². The average molecular weight is 258 g/mol. The lowest BCUT2D eigenvalue weighted by atomic mass is 10.0. The summed E-state index contributed by atoms with van der Waals surface area (Å²) in [4.78, 5) is 23.2. The summed E-state index contributed by atoms with van der Waals surface area (Å²) in [5.41, 5.74) is 6.43. The van der Waals surface area contributed by atoms with E-state index in [1.165, 1.54) is 12.8 Å². The van der Waals surface area contributed by atoms with Crippen molar-refractivity contribution in [3.8, 4) is 0 Å². The Hall–Kier alpha value is -1.65. The first-order chi connectivity index (χ1) is 9.13. The molecule has 2 atom stereocenters. The smallest absolute Gasteiger partial charge is 0.239 e. The molecule has 4 rings (SSSR count). The molecule has 19 heavy (non-hydrogen) atoms. The van der Waals surface area contributed by atoms with Crippen LogP contribution in [0.3, 0.4) is 0 Å². The van der Waals surface area contributed by atoms with Crippen LogP contribution in [0.15, 0.2) is 6.20 Å². The minimum Gasteiger partial charge on any atom is -0.368 e. The van der Waals surface area contributed by atoms with E-state index in [2.05, 4.69) is 16.9 Å². The third-order valence-corrected chi connectivity index (χ3v) is 5.06. The average Bonchev–Trinajstić information content (AvgIpc) is 3.03. The molecule has 2 aliphatic carbocycles. The van der Waals surface area contributed by atoms with E-state index in [0.29, 0.717) is 12.0 Å². The molecule has 1 spiro atoms. The maximum absolute atomic E-state index is 12.8. The van der Waals surface area contributed by atoms with Crippen molar-refractivity contribution < 1.29 is 4.79 Å². The van der Waals surface area contributed by atoms with Gasteiger partial charge in [-0.1, -0.05) is 13.3 Å². The summed E-state index contributed by atoms with van der Waals surface area (Å²) >= 11 is 0. The second-order valence-electron chi connectivity index (χ2n) is 6.20. The van der Waals surface area contributed by atoms with Gasteiger partial charge in [-0.25, -0.2) is 4.98 Å². The lowest BCUT2D eigenvalue weighted by molar-refractivity contribution is -0.120. The number of nitrogens with zero attached hydrogens (tertiary/aromatic N) is 3. The molecule has 0 aromatic carbocycles. The standard InChI is InChI=1S/C14H18N4O/c1-8-3-2-4-10(8)18-11-9(7-16-13(15)17-11)14(5-6-14)12(18)19/h7-8,10H,2-6H2,1H3,(H2,15,16,17). The number of nitrogen functional groups attached to an aromatic ring is 1. The van der Waals surface area contributed by atoms with Gasteiger partial charge >= 0.3 is 0 Å². The van der Waals surface area contributed by atoms with Crippen molar-refractivity contribution in [3.63, 3.8) is 0 Å². The second-order valence-corrected chi connectivity index (χ2v) is 6.20. The van der Waals surface area contributed by atoms with Crippen molar-refractivity contribution in [2.45, 2.75) is 50.5 Å². The second kappa shape index (κ2) is 3.46. The van der Waals surface area contributed by atoms with Gasteiger partial charge in [-0.15, -0.1) is 0 Å². The van der Waals surface area contributed by atoms with Crippen LogP contribution in [0.4, 0.5) is 11.8 Å². The van der Waals surface area contributed by atoms with Crippen molar-refractivity contribution in [1.29, 1.82) is 0 Å². The molecule has 2 fully saturated rings. The number of amides is 1. The van der Waals surface area contributed by atoms with Gasteiger partial charge in [-0.3, -0.25) is 9.69 Å². The molecule has 2 N–H and O–H groups in total. The lowest BCUT2D eigenvalue weighted by Crippen LogP contribution is -2.42. The molecule has 100 valence electrons. The fourth-order valence-electron chi connectivity index (χ4n) is 3.77. The molecular weight excluding hydrogens is 240 g/mol. The Morgan fingerprint density at radius 3 is 2.84 bits per heavy atom. The zero-order valence-electron chi connectivity index (χ0n) is 11.1. The van der Waals surface area contributed by atoms with E-state index in [4.69, 9.17) is 5.73 Å². The summed E-state index contributed by atoms with van der Waals surface area (Å²) in [6, 6.07) is 0.292. The van der Waals surface area contributed by atoms with E-state index in [9.17, 15) is 4.79 Å². The van der Waals surface area contributed by atoms with Crippen LogP contribution in [0.5, 0.6) is 0 Å². The topological polar surface area (TPSA) is 72.1 Å². The molecule has 1 aromatic rings. The Kier molecular flexibility index (Phi) is 2.04. The summed E-state index contributed by atoms with van der Waals surface area (Å²) in [5.74, 6) is 1.83. The van der Waals surface area contributed by atoms with Gasteiger partial charge in [0.2, 0.25) is 11.9 Å². The van der Waals surface area contributed by atoms with E-state index in [0.717, 1.165) is 30.6 Å². The van der Waals surface area contributed by atoms with Crippen LogP contribution in [-0.2, 0) is 10.2 Å². The summed E-state index contributed by atoms with van der Waals surface area (Å²) in [5, 5.41) is 0. The van der Waals surface area contributed by atoms with Gasteiger partial charge in [-0.05, 0) is 31.6 Å². The lowest BCUT2D eigenvalue weighted by Gasteiger charge is -2.28. The molecule has 1 aromatic heterocycles. The molecule has 0 bridgehead atoms. The highest BCUT2D eigenvalue weighted by atomic mass is 16.2. The Bertz CT molecular complexity index is 567. The van der Waals surface area contributed by atoms with Gasteiger partial charge < -0.3 is 5.73 Å². The molecule has 1 amide bonds. The summed E-state index contributed by atoms with van der Waals surface area (Å²) in [6.45, 7) is 2.23. The normalized spacial score (nSPS) is 31.0. The number of hydrogen-bond donors (Lipinski definition) is 1. The third kappa shape index (κ3) is 1.33. The van der Waals surface area contributed by atoms with Crippen molar-refractivity contribution in [2.75, 3.05) is 10.6 Å². The number of nitrogens with two attached hydrogens (primary N) is 1. The van der Waals surface area contributed by atoms with Crippen molar-refractivity contribution in [1.82, 2.24) is 9.97 Å². The molecular formula is C14H18N4O. The Labute approximate surface area is 112 Å². The van der Waals surface area contributed by atoms with Crippen molar-refractivity contribution >= 4 is 17.7 Å². The van der Waals surface area contributed by atoms with Crippen LogP contribution in [0, 0.1) is 5.92 Å². The van der Waals surface area contributed by atoms with E-state index < -0.39 is 0 Å². The molecule has 0 radical (unpaired) electrons. The summed E-state index contributed by atoms with van der Waals surface area (Å²) < 4.78 is 0. The quantitative estimate of drug-likeness (QED) is 0.831. The summed E-state index contributed by atoms with van der Waals surface area (Å²) in [7, 11) is 0. The highest BCUT2D eigenvalue weighted by Crippen LogP contribution is 2.58. The van der Waals surface area contributed by atoms with Gasteiger partial charge in [0.05, 0.1) is 5.41 Å². The predicted octanol–water partition coefficient (Wildman–Crippen LogP) is 1.63. The van der Waals surface area contributed by atoms with Gasteiger partial charge in [0.1, 0.15) is 5.82 Å². The first-order valence-electron chi connectivity index (χ1n) is 7.10. The molecule has 2 saturated carbocycles. The SMILES string of the molecule is CC1CCCC1N1C(=O)C2(CC2)c2cnc(N)nc21. The van der Waals surface area contributed by atoms with Gasteiger partial charge in [0.25, 0.3) is 0 Å². The minimum atomic E-state index is -0.300. The number of carbonyl (C=O) groups excluding carboxylic acids is 1. The van der Waals surface area contributed by atoms with Crippen LogP contribution in [0.25, 0.3) is 0 Å². The van der Waals surface area contributed by atoms with Crippen LogP contribution < -0.4 is 10.6 Å². The number of anilines is 2. The van der Waals surface area contributed by atoms with E-state index in [1.54, 1.807) is 6.20 Å². The fourth-order valence-corrected chi connectivity index (χ4v) is 3.77. The van der Waals surface area contributed by atoms with Crippen LogP contribution >= 0.6 is 0 Å². The van der Waals surface area contributed by atoms with Crippen LogP contribution in [0.1, 0.15) is 44.6 Å². The van der Waals surface area contributed by atoms with E-state index in [-0.39, 0.29) is 17.3 Å². The highest BCUT2D eigenvalue weighted by molar-refractivity contribution is 6.09. The monoisotopic (exact) mass is 258 g/mol. The molecule has 1 aliphatic heterocycles. The Morgan fingerprint density at radius 2 is 2.21 bits per heavy atom. The van der Waals surface area contributed by atoms with Crippen molar-refractivity contribution in [2.24, 2.45) is 5.92 Å². The number of carbonyl (C=O) groups is 1. The fraction of sp³-hybridized carbons (Fsp3) is 0.643. The molecule has 5 heteroatoms. The third-order valence-electron chi connectivity index (χ3n) is 5.06. The maximum atomic E-state index is 12.8. The van der Waals surface area contributed by atoms with Gasteiger partial charge in [-0.2, -0.15) is 4.98 Å². The number of hydrogen-bond acceptors (Lipinski definition) is 4. The maximum Gasteiger partial charge on any atom is 0.239 e. The van der Waals surface area contributed by atoms with Gasteiger partial charge in [0.15, 0.2) is 0 Å². The molecule has 0 saturated heterocycles. The first kappa shape index (κ1) is 11.2. The van der Waals surface area contributed by atoms with E-state index >= 15 is 0 Å². The van der Waals surface area contributed by atoms with Crippen molar-refractivity contribution in [3.05, 3.63) is 11.8 Å². The zero-order valence-corrected chi connectivity index (χ0v) is 11.1. The Morgan fingerprint density at radius 1 is 1.42 bits per heavy atom. The molecule has 2 unspecified atom stereocenters. The molecule has 3 aliphatic rings. The van der Waals surface area contributed by atoms with Crippen LogP contribution in [-0.4, -0.2) is 21.9 Å². The minimum absolute atomic E-state index is 0.237. The number of rotatable bonds is 1. The van der Waals surface area contributed by atoms with E-state index in [1.807, 2.05) is 4.90 Å². The highest BCUT2D eigenvalue weighted by Gasteiger charge is 2.61. The zero-order chi connectivity index (χ0) is 13.2. The number of aromatic nitrogens is 2. The predicted molar refractivity (Wildman–Crippen MR) is 71.6 cm³/mol. The molecule has 2 heterocycles. The van der Waals surface area contributed by atoms with Crippen LogP contribution in [0.2, 0.25) is 0 Å². The first-order valence-corrected chi connectivity index (χ1v) is 7.10. The Balaban J connectivity index is 1.84. The number of fused-ring (bicyclic) bond motifs is 2. The summed E-state index contributed by atoms with van der Waals surface area (Å²) in [6.07, 6.45) is 7.10. The largest absolute Gasteiger partial charge is 0.368 e. The molecule has 5 nitrogen and oxygen atoms in total.